The Hall–Kier alpha value is -1.75. The minimum atomic E-state index is 0.0451. The first-order valence-corrected chi connectivity index (χ1v) is 5.25. The van der Waals surface area contributed by atoms with Gasteiger partial charge in [-0.3, -0.25) is 0 Å². The van der Waals surface area contributed by atoms with Crippen LogP contribution in [0, 0.1) is 0 Å². The third kappa shape index (κ3) is 2.43. The van der Waals surface area contributed by atoms with E-state index in [2.05, 4.69) is 5.10 Å². The standard InChI is InChI=1S/C11H15N3O2/c12-11-8-9(13-14(11)5-6-15)3-4-10-2-1-7-16-10/h1-2,7-8,15H,3-6,12H2. The van der Waals surface area contributed by atoms with Gasteiger partial charge in [0.2, 0.25) is 0 Å². The first kappa shape index (κ1) is 10.8. The molecule has 3 N–H and O–H groups in total. The Morgan fingerprint density at radius 2 is 2.31 bits per heavy atom. The highest BCUT2D eigenvalue weighted by atomic mass is 16.3. The maximum atomic E-state index is 8.80. The summed E-state index contributed by atoms with van der Waals surface area (Å²) < 4.78 is 6.84. The van der Waals surface area contributed by atoms with E-state index in [1.165, 1.54) is 0 Å². The van der Waals surface area contributed by atoms with E-state index in [0.29, 0.717) is 12.4 Å². The Kier molecular flexibility index (Phi) is 3.26. The summed E-state index contributed by atoms with van der Waals surface area (Å²) in [4.78, 5) is 0. The van der Waals surface area contributed by atoms with Crippen LogP contribution < -0.4 is 5.73 Å². The maximum Gasteiger partial charge on any atom is 0.122 e. The lowest BCUT2D eigenvalue weighted by molar-refractivity contribution is 0.270. The Balaban J connectivity index is 1.97. The van der Waals surface area contributed by atoms with Crippen molar-refractivity contribution in [2.75, 3.05) is 12.3 Å². The number of nitrogen functional groups attached to an aromatic ring is 1. The molecule has 0 saturated carbocycles. The lowest BCUT2D eigenvalue weighted by Gasteiger charge is -1.98. The van der Waals surface area contributed by atoms with Crippen LogP contribution in [0.4, 0.5) is 5.82 Å². The van der Waals surface area contributed by atoms with Gasteiger partial charge in [-0.1, -0.05) is 0 Å². The quantitative estimate of drug-likeness (QED) is 0.784. The van der Waals surface area contributed by atoms with Gasteiger partial charge in [-0.05, 0) is 18.6 Å². The summed E-state index contributed by atoms with van der Waals surface area (Å²) in [7, 11) is 0. The zero-order valence-electron chi connectivity index (χ0n) is 8.97. The lowest BCUT2D eigenvalue weighted by atomic mass is 10.2. The van der Waals surface area contributed by atoms with Crippen molar-refractivity contribution >= 4 is 5.82 Å². The lowest BCUT2D eigenvalue weighted by Crippen LogP contribution is -2.07. The average Bonchev–Trinajstić information content (AvgIpc) is 2.87. The fourth-order valence-electron chi connectivity index (χ4n) is 1.59. The molecule has 2 rings (SSSR count). The Bertz CT molecular complexity index is 434. The van der Waals surface area contributed by atoms with E-state index in [9.17, 15) is 0 Å². The number of nitrogens with zero attached hydrogens (tertiary/aromatic N) is 2. The second-order valence-electron chi connectivity index (χ2n) is 3.59. The molecule has 16 heavy (non-hydrogen) atoms. The number of hydrogen-bond acceptors (Lipinski definition) is 4. The SMILES string of the molecule is Nc1cc(CCc2ccco2)nn1CCO. The van der Waals surface area contributed by atoms with Crippen LogP contribution in [0.5, 0.6) is 0 Å². The van der Waals surface area contributed by atoms with Gasteiger partial charge in [0.05, 0.1) is 25.1 Å². The van der Waals surface area contributed by atoms with Crippen LogP contribution >= 0.6 is 0 Å². The first-order valence-electron chi connectivity index (χ1n) is 5.25. The van der Waals surface area contributed by atoms with Crippen molar-refractivity contribution in [2.45, 2.75) is 19.4 Å². The van der Waals surface area contributed by atoms with Gasteiger partial charge in [-0.2, -0.15) is 5.10 Å². The zero-order chi connectivity index (χ0) is 11.4. The fraction of sp³-hybridized carbons (Fsp3) is 0.364. The van der Waals surface area contributed by atoms with Crippen molar-refractivity contribution in [3.63, 3.8) is 0 Å². The van der Waals surface area contributed by atoms with Gasteiger partial charge >= 0.3 is 0 Å². The van der Waals surface area contributed by atoms with Gasteiger partial charge < -0.3 is 15.3 Å². The van der Waals surface area contributed by atoms with Crippen LogP contribution in [0.1, 0.15) is 11.5 Å². The van der Waals surface area contributed by atoms with Crippen molar-refractivity contribution in [1.29, 1.82) is 0 Å². The van der Waals surface area contributed by atoms with Crippen LogP contribution in [0.2, 0.25) is 0 Å². The summed E-state index contributed by atoms with van der Waals surface area (Å²) >= 11 is 0. The molecular formula is C11H15N3O2. The van der Waals surface area contributed by atoms with Crippen molar-refractivity contribution in [2.24, 2.45) is 0 Å². The van der Waals surface area contributed by atoms with Crippen LogP contribution in [0.15, 0.2) is 28.9 Å². The monoisotopic (exact) mass is 221 g/mol. The minimum Gasteiger partial charge on any atom is -0.469 e. The highest BCUT2D eigenvalue weighted by molar-refractivity contribution is 5.31. The smallest absolute Gasteiger partial charge is 0.122 e. The molecule has 0 radical (unpaired) electrons. The summed E-state index contributed by atoms with van der Waals surface area (Å²) in [5, 5.41) is 13.1. The van der Waals surface area contributed by atoms with E-state index in [-0.39, 0.29) is 6.61 Å². The molecule has 0 unspecified atom stereocenters. The molecule has 5 heteroatoms. The van der Waals surface area contributed by atoms with Crippen molar-refractivity contribution in [3.8, 4) is 0 Å². The molecule has 0 atom stereocenters. The molecular weight excluding hydrogens is 206 g/mol. The Morgan fingerprint density at radius 3 is 3.00 bits per heavy atom. The molecule has 2 aromatic rings. The third-order valence-corrected chi connectivity index (χ3v) is 2.38. The van der Waals surface area contributed by atoms with Gasteiger partial charge in [0.25, 0.3) is 0 Å². The molecule has 5 nitrogen and oxygen atoms in total. The van der Waals surface area contributed by atoms with Crippen LogP contribution in [-0.2, 0) is 19.4 Å². The Morgan fingerprint density at radius 1 is 1.44 bits per heavy atom. The summed E-state index contributed by atoms with van der Waals surface area (Å²) in [5.41, 5.74) is 6.66. The van der Waals surface area contributed by atoms with Gasteiger partial charge in [-0.25, -0.2) is 4.68 Å². The minimum absolute atomic E-state index is 0.0451. The van der Waals surface area contributed by atoms with E-state index in [1.807, 2.05) is 18.2 Å². The number of nitrogens with two attached hydrogens (primary N) is 1. The molecule has 2 aromatic heterocycles. The van der Waals surface area contributed by atoms with E-state index < -0.39 is 0 Å². The zero-order valence-corrected chi connectivity index (χ0v) is 8.97. The Labute approximate surface area is 93.5 Å². The summed E-state index contributed by atoms with van der Waals surface area (Å²) in [6.45, 7) is 0.482. The number of anilines is 1. The number of aromatic nitrogens is 2. The van der Waals surface area contributed by atoms with Crippen molar-refractivity contribution < 1.29 is 9.52 Å². The van der Waals surface area contributed by atoms with Gasteiger partial charge in [-0.15, -0.1) is 0 Å². The molecule has 0 aliphatic carbocycles. The predicted octanol–water partition coefficient (Wildman–Crippen LogP) is 0.836. The highest BCUT2D eigenvalue weighted by Crippen LogP contribution is 2.10. The number of rotatable bonds is 5. The van der Waals surface area contributed by atoms with Gasteiger partial charge in [0.15, 0.2) is 0 Å². The van der Waals surface area contributed by atoms with E-state index in [0.717, 1.165) is 24.3 Å². The molecule has 0 aliphatic rings. The summed E-state index contributed by atoms with van der Waals surface area (Å²) in [6.07, 6.45) is 3.26. The molecule has 0 fully saturated rings. The van der Waals surface area contributed by atoms with Crippen LogP contribution in [0.25, 0.3) is 0 Å². The van der Waals surface area contributed by atoms with E-state index in [1.54, 1.807) is 10.9 Å². The van der Waals surface area contributed by atoms with E-state index >= 15 is 0 Å². The summed E-state index contributed by atoms with van der Waals surface area (Å²) in [6, 6.07) is 5.64. The topological polar surface area (TPSA) is 77.2 Å². The molecule has 2 heterocycles. The largest absolute Gasteiger partial charge is 0.469 e. The van der Waals surface area contributed by atoms with Crippen molar-refractivity contribution in [3.05, 3.63) is 35.9 Å². The van der Waals surface area contributed by atoms with Crippen LogP contribution in [0.3, 0.4) is 0 Å². The highest BCUT2D eigenvalue weighted by Gasteiger charge is 2.05. The summed E-state index contributed by atoms with van der Waals surface area (Å²) in [5.74, 6) is 1.53. The number of aryl methyl sites for hydroxylation is 2. The van der Waals surface area contributed by atoms with Gasteiger partial charge in [0.1, 0.15) is 11.6 Å². The molecule has 0 spiro atoms. The molecule has 0 saturated heterocycles. The number of furan rings is 1. The number of aliphatic hydroxyl groups excluding tert-OH is 1. The van der Waals surface area contributed by atoms with Crippen molar-refractivity contribution in [1.82, 2.24) is 9.78 Å². The van der Waals surface area contributed by atoms with E-state index in [4.69, 9.17) is 15.3 Å². The number of hydrogen-bond donors (Lipinski definition) is 2. The molecule has 86 valence electrons. The molecule has 0 aliphatic heterocycles. The second-order valence-corrected chi connectivity index (χ2v) is 3.59. The number of aliphatic hydroxyl groups is 1. The molecule has 0 aromatic carbocycles. The maximum absolute atomic E-state index is 8.80. The fourth-order valence-corrected chi connectivity index (χ4v) is 1.59. The molecule has 0 bridgehead atoms. The normalized spacial score (nSPS) is 10.8. The second kappa shape index (κ2) is 4.85. The van der Waals surface area contributed by atoms with Crippen LogP contribution in [-0.4, -0.2) is 21.5 Å². The first-order chi connectivity index (χ1) is 7.79. The third-order valence-electron chi connectivity index (χ3n) is 2.38. The predicted molar refractivity (Wildman–Crippen MR) is 59.8 cm³/mol. The van der Waals surface area contributed by atoms with Gasteiger partial charge in [0, 0.05) is 12.5 Å². The molecule has 0 amide bonds. The average molecular weight is 221 g/mol.